The number of nitrogens with two attached hydrogens (primary N) is 1. The molecule has 3 heterocycles. The second-order valence-corrected chi connectivity index (χ2v) is 6.82. The normalized spacial score (nSPS) is 10.6. The summed E-state index contributed by atoms with van der Waals surface area (Å²) in [6, 6.07) is 13.1. The molecule has 0 unspecified atom stereocenters. The summed E-state index contributed by atoms with van der Waals surface area (Å²) in [4.78, 5) is 25.7. The second-order valence-electron chi connectivity index (χ2n) is 6.82. The summed E-state index contributed by atoms with van der Waals surface area (Å²) in [5.74, 6) is -0.128. The molecule has 31 heavy (non-hydrogen) atoms. The Balaban J connectivity index is 1.70. The number of ketones is 1. The van der Waals surface area contributed by atoms with Crippen molar-refractivity contribution in [3.63, 3.8) is 0 Å². The summed E-state index contributed by atoms with van der Waals surface area (Å²) < 4.78 is 19.6. The van der Waals surface area contributed by atoms with Gasteiger partial charge in [0.25, 0.3) is 0 Å². The van der Waals surface area contributed by atoms with Crippen molar-refractivity contribution in [2.75, 3.05) is 12.8 Å². The van der Waals surface area contributed by atoms with Crippen molar-refractivity contribution in [1.29, 1.82) is 0 Å². The maximum Gasteiger partial charge on any atom is 0.187 e. The number of ether oxygens (including phenoxy) is 1. The number of pyridine rings is 3. The zero-order valence-corrected chi connectivity index (χ0v) is 16.7. The van der Waals surface area contributed by atoms with E-state index in [0.29, 0.717) is 22.6 Å². The number of methoxy groups -OCH3 is 1. The lowest BCUT2D eigenvalue weighted by atomic mass is 9.97. The molecule has 0 spiro atoms. The molecule has 2 N–H and O–H groups in total. The van der Waals surface area contributed by atoms with E-state index >= 15 is 0 Å². The fourth-order valence-electron chi connectivity index (χ4n) is 3.36. The number of Topliss-reactive ketones (excluding diaryl/α,β-unsaturated/α-hetero) is 1. The van der Waals surface area contributed by atoms with E-state index in [1.165, 1.54) is 6.07 Å². The number of rotatable bonds is 6. The molecule has 0 amide bonds. The summed E-state index contributed by atoms with van der Waals surface area (Å²) in [6.07, 6.45) is 6.56. The lowest BCUT2D eigenvalue weighted by molar-refractivity contribution is 0.0989. The van der Waals surface area contributed by atoms with Gasteiger partial charge in [-0.3, -0.25) is 14.8 Å². The van der Waals surface area contributed by atoms with Crippen LogP contribution in [0.2, 0.25) is 0 Å². The molecule has 0 bridgehead atoms. The third-order valence-corrected chi connectivity index (χ3v) is 4.89. The molecule has 0 aliphatic carbocycles. The number of nitrogen functional groups attached to an aromatic ring is 1. The van der Waals surface area contributed by atoms with E-state index in [1.54, 1.807) is 62.2 Å². The fourth-order valence-corrected chi connectivity index (χ4v) is 3.36. The van der Waals surface area contributed by atoms with Crippen LogP contribution in [0.25, 0.3) is 22.4 Å². The highest BCUT2D eigenvalue weighted by Crippen LogP contribution is 2.32. The van der Waals surface area contributed by atoms with E-state index in [2.05, 4.69) is 15.0 Å². The Morgan fingerprint density at radius 1 is 0.968 bits per heavy atom. The molecule has 0 radical (unpaired) electrons. The first-order chi connectivity index (χ1) is 15.1. The molecule has 3 aromatic heterocycles. The molecule has 0 aliphatic heterocycles. The summed E-state index contributed by atoms with van der Waals surface area (Å²) in [7, 11) is 1.56. The Labute approximate surface area is 178 Å². The average molecular weight is 414 g/mol. The van der Waals surface area contributed by atoms with Gasteiger partial charge in [-0.25, -0.2) is 9.37 Å². The summed E-state index contributed by atoms with van der Waals surface area (Å²) in [5, 5.41) is 0. The highest BCUT2D eigenvalue weighted by atomic mass is 19.1. The van der Waals surface area contributed by atoms with Gasteiger partial charge in [0.2, 0.25) is 0 Å². The van der Waals surface area contributed by atoms with Gasteiger partial charge in [0.15, 0.2) is 5.78 Å². The zero-order valence-electron chi connectivity index (χ0n) is 16.7. The van der Waals surface area contributed by atoms with E-state index < -0.39 is 5.82 Å². The first kappa shape index (κ1) is 20.2. The lowest BCUT2D eigenvalue weighted by Gasteiger charge is -2.13. The van der Waals surface area contributed by atoms with Gasteiger partial charge in [0.1, 0.15) is 17.3 Å². The van der Waals surface area contributed by atoms with Gasteiger partial charge in [-0.1, -0.05) is 12.1 Å². The van der Waals surface area contributed by atoms with Crippen molar-refractivity contribution in [3.05, 3.63) is 90.4 Å². The number of anilines is 1. The van der Waals surface area contributed by atoms with Crippen molar-refractivity contribution >= 4 is 11.5 Å². The van der Waals surface area contributed by atoms with Crippen LogP contribution in [0.5, 0.6) is 5.75 Å². The highest BCUT2D eigenvalue weighted by molar-refractivity contribution is 6.01. The zero-order chi connectivity index (χ0) is 21.8. The molecule has 6 nitrogen and oxygen atoms in total. The first-order valence-electron chi connectivity index (χ1n) is 9.54. The van der Waals surface area contributed by atoms with Crippen LogP contribution >= 0.6 is 0 Å². The number of hydrogen-bond acceptors (Lipinski definition) is 6. The van der Waals surface area contributed by atoms with E-state index in [1.807, 2.05) is 12.1 Å². The second kappa shape index (κ2) is 8.71. The van der Waals surface area contributed by atoms with E-state index in [9.17, 15) is 9.18 Å². The molecule has 154 valence electrons. The summed E-state index contributed by atoms with van der Waals surface area (Å²) in [5.41, 5.74) is 9.30. The predicted molar refractivity (Wildman–Crippen MR) is 116 cm³/mol. The number of hydrogen-bond donors (Lipinski definition) is 1. The van der Waals surface area contributed by atoms with Crippen molar-refractivity contribution in [3.8, 4) is 28.1 Å². The Bertz CT molecular complexity index is 1260. The fraction of sp³-hybridized carbons (Fsp3) is 0.0833. The highest BCUT2D eigenvalue weighted by Gasteiger charge is 2.18. The minimum absolute atomic E-state index is 0.0204. The first-order valence-corrected chi connectivity index (χ1v) is 9.54. The molecule has 1 aromatic carbocycles. The van der Waals surface area contributed by atoms with E-state index in [0.717, 1.165) is 11.1 Å². The number of carbonyl (C=O) groups is 1. The smallest absolute Gasteiger partial charge is 0.187 e. The van der Waals surface area contributed by atoms with Crippen LogP contribution in [-0.4, -0.2) is 27.8 Å². The number of carbonyl (C=O) groups excluding carboxylic acids is 1. The molecule has 7 heteroatoms. The Morgan fingerprint density at radius 3 is 2.48 bits per heavy atom. The molecule has 0 fully saturated rings. The summed E-state index contributed by atoms with van der Waals surface area (Å²) >= 11 is 0. The van der Waals surface area contributed by atoms with Gasteiger partial charge in [-0.2, -0.15) is 0 Å². The van der Waals surface area contributed by atoms with Gasteiger partial charge in [0.05, 0.1) is 24.7 Å². The van der Waals surface area contributed by atoms with Crippen molar-refractivity contribution in [1.82, 2.24) is 15.0 Å². The van der Waals surface area contributed by atoms with Gasteiger partial charge >= 0.3 is 0 Å². The topological polar surface area (TPSA) is 91.0 Å². The van der Waals surface area contributed by atoms with Crippen LogP contribution in [0.1, 0.15) is 16.1 Å². The van der Waals surface area contributed by atoms with Crippen LogP contribution in [-0.2, 0) is 6.42 Å². The van der Waals surface area contributed by atoms with Crippen molar-refractivity contribution in [2.45, 2.75) is 6.42 Å². The summed E-state index contributed by atoms with van der Waals surface area (Å²) in [6.45, 7) is 0. The van der Waals surface area contributed by atoms with Crippen LogP contribution in [0.15, 0.2) is 73.3 Å². The van der Waals surface area contributed by atoms with Crippen LogP contribution in [0.3, 0.4) is 0 Å². The molecule has 4 aromatic rings. The van der Waals surface area contributed by atoms with Crippen LogP contribution < -0.4 is 10.5 Å². The Kier molecular flexibility index (Phi) is 5.66. The standard InChI is InChI=1S/C24H19FN4O2/c1-31-23-14-28-11-9-17(23)16-8-10-27-13-15(16)12-22(30)24-20(26)6-7-21(29-24)18-4-2-3-5-19(18)25/h2-11,13-14H,12,26H2,1H3. The van der Waals surface area contributed by atoms with Crippen molar-refractivity contribution in [2.24, 2.45) is 0 Å². The SMILES string of the molecule is COc1cnccc1-c1ccncc1CC(=O)c1nc(-c2ccccc2F)ccc1N. The van der Waals surface area contributed by atoms with Crippen molar-refractivity contribution < 1.29 is 13.9 Å². The maximum atomic E-state index is 14.2. The largest absolute Gasteiger partial charge is 0.494 e. The van der Waals surface area contributed by atoms with E-state index in [-0.39, 0.29) is 23.6 Å². The van der Waals surface area contributed by atoms with Crippen LogP contribution in [0.4, 0.5) is 10.1 Å². The molecule has 0 aliphatic rings. The minimum atomic E-state index is -0.419. The molecule has 0 atom stereocenters. The van der Waals surface area contributed by atoms with Gasteiger partial charge in [-0.05, 0) is 47.5 Å². The van der Waals surface area contributed by atoms with Crippen LogP contribution in [0, 0.1) is 5.82 Å². The monoisotopic (exact) mass is 414 g/mol. The molecule has 0 saturated carbocycles. The Hall–Kier alpha value is -4.13. The third-order valence-electron chi connectivity index (χ3n) is 4.89. The van der Waals surface area contributed by atoms with Gasteiger partial charge in [0, 0.05) is 36.1 Å². The number of halogens is 1. The molecular formula is C24H19FN4O2. The average Bonchev–Trinajstić information content (AvgIpc) is 2.80. The predicted octanol–water partition coefficient (Wildman–Crippen LogP) is 4.36. The lowest BCUT2D eigenvalue weighted by Crippen LogP contribution is -2.11. The number of nitrogens with zero attached hydrogens (tertiary/aromatic N) is 3. The quantitative estimate of drug-likeness (QED) is 0.472. The van der Waals surface area contributed by atoms with Gasteiger partial charge in [-0.15, -0.1) is 0 Å². The Morgan fingerprint density at radius 2 is 1.71 bits per heavy atom. The van der Waals surface area contributed by atoms with E-state index in [4.69, 9.17) is 10.5 Å². The molecule has 0 saturated heterocycles. The van der Waals surface area contributed by atoms with Gasteiger partial charge < -0.3 is 10.5 Å². The number of aromatic nitrogens is 3. The third kappa shape index (κ3) is 4.11. The maximum absolute atomic E-state index is 14.2. The molecular weight excluding hydrogens is 395 g/mol. The minimum Gasteiger partial charge on any atom is -0.494 e. The number of benzene rings is 1. The molecule has 4 rings (SSSR count).